The Balaban J connectivity index is 2.20. The zero-order valence-electron chi connectivity index (χ0n) is 34.8. The predicted molar refractivity (Wildman–Crippen MR) is 224 cm³/mol. The van der Waals surface area contributed by atoms with E-state index in [0.29, 0.717) is 26.4 Å². The fraction of sp³-hybridized carbons (Fsp3) is 0.891. The molecule has 1 amide bonds. The molecule has 0 aromatic rings. The Morgan fingerprint density at radius 2 is 0.923 bits per heavy atom. The minimum absolute atomic E-state index is 0.348. The van der Waals surface area contributed by atoms with Gasteiger partial charge < -0.3 is 24.8 Å². The van der Waals surface area contributed by atoms with Crippen molar-refractivity contribution in [1.29, 1.82) is 0 Å². The summed E-state index contributed by atoms with van der Waals surface area (Å²) in [5.74, 6) is -0.446. The number of rotatable bonds is 41. The van der Waals surface area contributed by atoms with Crippen molar-refractivity contribution in [1.82, 2.24) is 4.90 Å². The number of hydrogen-bond donors (Lipinski definition) is 1. The highest BCUT2D eigenvalue weighted by molar-refractivity contribution is 5.79. The number of ether oxygens (including phenoxy) is 3. The molecule has 0 spiro atoms. The van der Waals surface area contributed by atoms with Gasteiger partial charge in [-0.15, -0.1) is 0 Å². The molecule has 0 aromatic heterocycles. The lowest BCUT2D eigenvalue weighted by atomic mass is 10.1. The van der Waals surface area contributed by atoms with Crippen molar-refractivity contribution in [3.05, 3.63) is 24.3 Å². The standard InChI is InChI=1S/C46H88N2O4/c1-3-5-7-9-11-13-15-17-19-21-23-25-27-29-31-35-40-51-44(43-50-42-39-48-37-33-34-38-48)45(46(47)49)52-41-36-32-30-28-26-24-22-20-18-16-14-12-10-8-6-4-2/h17-20,44-45H,3-16,21-43H2,1-2H3,(H2,47,49)/b19-17-,20-18-. The normalized spacial score (nSPS) is 15.0. The van der Waals surface area contributed by atoms with Gasteiger partial charge >= 0.3 is 0 Å². The molecule has 0 radical (unpaired) electrons. The Kier molecular flexibility index (Phi) is 37.1. The Labute approximate surface area is 323 Å². The van der Waals surface area contributed by atoms with Crippen molar-refractivity contribution in [2.45, 2.75) is 219 Å². The lowest BCUT2D eigenvalue weighted by Gasteiger charge is -2.26. The van der Waals surface area contributed by atoms with Crippen LogP contribution in [-0.2, 0) is 19.0 Å². The number of hydrogen-bond acceptors (Lipinski definition) is 5. The maximum Gasteiger partial charge on any atom is 0.249 e. The third kappa shape index (κ3) is 32.2. The van der Waals surface area contributed by atoms with Crippen LogP contribution in [0.3, 0.4) is 0 Å². The number of carbonyl (C=O) groups excluding carboxylic acids is 1. The Morgan fingerprint density at radius 1 is 0.538 bits per heavy atom. The zero-order valence-corrected chi connectivity index (χ0v) is 34.8. The fourth-order valence-electron chi connectivity index (χ4n) is 7.14. The molecule has 2 N–H and O–H groups in total. The Bertz CT molecular complexity index is 797. The second-order valence-corrected chi connectivity index (χ2v) is 15.6. The number of nitrogens with two attached hydrogens (primary N) is 1. The molecule has 1 heterocycles. The lowest BCUT2D eigenvalue weighted by Crippen LogP contribution is -2.45. The Hall–Kier alpha value is -1.21. The van der Waals surface area contributed by atoms with Crippen LogP contribution >= 0.6 is 0 Å². The molecular formula is C46H88N2O4. The molecule has 0 saturated carbocycles. The number of amides is 1. The number of allylic oxidation sites excluding steroid dienone is 4. The summed E-state index contributed by atoms with van der Waals surface area (Å²) in [6, 6.07) is 0. The van der Waals surface area contributed by atoms with Gasteiger partial charge in [0.2, 0.25) is 5.91 Å². The summed E-state index contributed by atoms with van der Waals surface area (Å²) in [6.45, 7) is 9.94. The van der Waals surface area contributed by atoms with E-state index in [0.717, 1.165) is 45.3 Å². The van der Waals surface area contributed by atoms with Crippen LogP contribution in [0.25, 0.3) is 0 Å². The number of primary amides is 1. The molecule has 0 bridgehead atoms. The summed E-state index contributed by atoms with van der Waals surface area (Å²) >= 11 is 0. The minimum Gasteiger partial charge on any atom is -0.377 e. The van der Waals surface area contributed by atoms with Crippen LogP contribution in [0.2, 0.25) is 0 Å². The summed E-state index contributed by atoms with van der Waals surface area (Å²) in [7, 11) is 0. The molecule has 1 aliphatic heterocycles. The van der Waals surface area contributed by atoms with Crippen LogP contribution in [0, 0.1) is 0 Å². The van der Waals surface area contributed by atoms with Crippen molar-refractivity contribution in [3.8, 4) is 0 Å². The van der Waals surface area contributed by atoms with E-state index < -0.39 is 18.1 Å². The van der Waals surface area contributed by atoms with Gasteiger partial charge in [0.25, 0.3) is 0 Å². The molecule has 0 aliphatic carbocycles. The van der Waals surface area contributed by atoms with Crippen molar-refractivity contribution in [2.75, 3.05) is 46.1 Å². The van der Waals surface area contributed by atoms with E-state index in [1.54, 1.807) is 0 Å². The van der Waals surface area contributed by atoms with Gasteiger partial charge in [-0.3, -0.25) is 4.79 Å². The molecule has 6 heteroatoms. The van der Waals surface area contributed by atoms with Crippen LogP contribution in [0.4, 0.5) is 0 Å². The maximum absolute atomic E-state index is 12.5. The quantitative estimate of drug-likeness (QED) is 0.0500. The average molecular weight is 733 g/mol. The van der Waals surface area contributed by atoms with Crippen molar-refractivity contribution < 1.29 is 19.0 Å². The van der Waals surface area contributed by atoms with Crippen LogP contribution in [0.5, 0.6) is 0 Å². The number of carbonyl (C=O) groups is 1. The second kappa shape index (κ2) is 39.5. The molecule has 0 aromatic carbocycles. The zero-order chi connectivity index (χ0) is 37.4. The highest BCUT2D eigenvalue weighted by atomic mass is 16.6. The first-order chi connectivity index (χ1) is 25.7. The van der Waals surface area contributed by atoms with Gasteiger partial charge in [-0.2, -0.15) is 0 Å². The van der Waals surface area contributed by atoms with Crippen LogP contribution in [0.15, 0.2) is 24.3 Å². The maximum atomic E-state index is 12.5. The van der Waals surface area contributed by atoms with Crippen molar-refractivity contribution >= 4 is 5.91 Å². The number of nitrogens with zero attached hydrogens (tertiary/aromatic N) is 1. The van der Waals surface area contributed by atoms with Crippen LogP contribution < -0.4 is 5.73 Å². The SMILES string of the molecule is CCCCCCCC/C=C\CCCCCCCCOC(COCCN1CCCC1)C(OCCCCCCCC/C=C\CCCCCCCC)C(N)=O. The summed E-state index contributed by atoms with van der Waals surface area (Å²) < 4.78 is 18.4. The third-order valence-electron chi connectivity index (χ3n) is 10.6. The van der Waals surface area contributed by atoms with Gasteiger partial charge in [-0.1, -0.05) is 154 Å². The molecular weight excluding hydrogens is 645 g/mol. The van der Waals surface area contributed by atoms with Crippen LogP contribution in [0.1, 0.15) is 206 Å². The van der Waals surface area contributed by atoms with Gasteiger partial charge in [-0.25, -0.2) is 0 Å². The van der Waals surface area contributed by atoms with Gasteiger partial charge in [0, 0.05) is 19.8 Å². The predicted octanol–water partition coefficient (Wildman–Crippen LogP) is 12.4. The molecule has 1 fully saturated rings. The van der Waals surface area contributed by atoms with Gasteiger partial charge in [0.15, 0.2) is 6.10 Å². The molecule has 2 atom stereocenters. The molecule has 306 valence electrons. The average Bonchev–Trinajstić information content (AvgIpc) is 3.67. The largest absolute Gasteiger partial charge is 0.377 e. The molecule has 1 aliphatic rings. The summed E-state index contributed by atoms with van der Waals surface area (Å²) in [4.78, 5) is 15.0. The first-order valence-electron chi connectivity index (χ1n) is 22.8. The minimum atomic E-state index is -0.760. The molecule has 2 unspecified atom stereocenters. The van der Waals surface area contributed by atoms with Gasteiger partial charge in [0.1, 0.15) is 6.10 Å². The van der Waals surface area contributed by atoms with E-state index in [-0.39, 0.29) is 0 Å². The van der Waals surface area contributed by atoms with Crippen molar-refractivity contribution in [2.24, 2.45) is 5.73 Å². The monoisotopic (exact) mass is 733 g/mol. The van der Waals surface area contributed by atoms with E-state index in [1.807, 2.05) is 0 Å². The molecule has 1 saturated heterocycles. The summed E-state index contributed by atoms with van der Waals surface area (Å²) in [5.41, 5.74) is 5.86. The van der Waals surface area contributed by atoms with E-state index in [1.165, 1.54) is 167 Å². The van der Waals surface area contributed by atoms with E-state index in [2.05, 4.69) is 43.1 Å². The van der Waals surface area contributed by atoms with Gasteiger partial charge in [-0.05, 0) is 90.1 Å². The second-order valence-electron chi connectivity index (χ2n) is 15.6. The smallest absolute Gasteiger partial charge is 0.249 e. The summed E-state index contributed by atoms with van der Waals surface area (Å²) in [5, 5.41) is 0. The lowest BCUT2D eigenvalue weighted by molar-refractivity contribution is -0.148. The van der Waals surface area contributed by atoms with E-state index in [4.69, 9.17) is 19.9 Å². The first-order valence-corrected chi connectivity index (χ1v) is 22.8. The first kappa shape index (κ1) is 48.8. The highest BCUT2D eigenvalue weighted by Gasteiger charge is 2.28. The number of unbranched alkanes of at least 4 members (excludes halogenated alkanes) is 24. The van der Waals surface area contributed by atoms with Gasteiger partial charge in [0.05, 0.1) is 13.2 Å². The highest BCUT2D eigenvalue weighted by Crippen LogP contribution is 2.14. The molecule has 6 nitrogen and oxygen atoms in total. The summed E-state index contributed by atoms with van der Waals surface area (Å²) in [6.07, 6.45) is 46.6. The van der Waals surface area contributed by atoms with Crippen LogP contribution in [-0.4, -0.2) is 69.1 Å². The van der Waals surface area contributed by atoms with Crippen molar-refractivity contribution in [3.63, 3.8) is 0 Å². The van der Waals surface area contributed by atoms with E-state index in [9.17, 15) is 4.79 Å². The number of likely N-dealkylation sites (tertiary alicyclic amines) is 1. The molecule has 52 heavy (non-hydrogen) atoms. The fourth-order valence-corrected chi connectivity index (χ4v) is 7.14. The topological polar surface area (TPSA) is 74.0 Å². The molecule has 1 rings (SSSR count). The Morgan fingerprint density at radius 3 is 1.35 bits per heavy atom. The third-order valence-corrected chi connectivity index (χ3v) is 10.6. The van der Waals surface area contributed by atoms with E-state index >= 15 is 0 Å².